The fourth-order valence-corrected chi connectivity index (χ4v) is 4.40. The first-order valence-corrected chi connectivity index (χ1v) is 11.8. The van der Waals surface area contributed by atoms with Crippen LogP contribution < -0.4 is 0 Å². The lowest BCUT2D eigenvalue weighted by molar-refractivity contribution is -0.136. The largest absolute Gasteiger partial charge is 0.481 e. The molecule has 0 radical (unpaired) electrons. The van der Waals surface area contributed by atoms with Crippen LogP contribution in [0, 0.1) is 5.92 Å². The Balaban J connectivity index is 1.37. The van der Waals surface area contributed by atoms with Gasteiger partial charge in [0.25, 0.3) is 0 Å². The molecule has 34 heavy (non-hydrogen) atoms. The Kier molecular flexibility index (Phi) is 8.60. The molecule has 1 aromatic heterocycles. The van der Waals surface area contributed by atoms with Gasteiger partial charge in [-0.05, 0) is 47.6 Å². The maximum atomic E-state index is 10.7. The lowest BCUT2D eigenvalue weighted by atomic mass is 9.90. The van der Waals surface area contributed by atoms with Gasteiger partial charge in [-0.1, -0.05) is 72.8 Å². The van der Waals surface area contributed by atoms with Crippen molar-refractivity contribution in [2.75, 3.05) is 6.61 Å². The Labute approximate surface area is 201 Å². The van der Waals surface area contributed by atoms with E-state index in [1.165, 1.54) is 11.1 Å². The molecule has 1 fully saturated rings. The monoisotopic (exact) mass is 457 g/mol. The van der Waals surface area contributed by atoms with Gasteiger partial charge in [-0.2, -0.15) is 0 Å². The van der Waals surface area contributed by atoms with Crippen LogP contribution in [-0.4, -0.2) is 28.8 Å². The average molecular weight is 458 g/mol. The summed E-state index contributed by atoms with van der Waals surface area (Å²) in [6, 6.07) is 22.8. The van der Waals surface area contributed by atoms with E-state index in [1.807, 2.05) is 36.5 Å². The average Bonchev–Trinajstić information content (AvgIpc) is 3.28. The summed E-state index contributed by atoms with van der Waals surface area (Å²) in [5.74, 6) is -0.562. The number of carboxylic acids is 1. The van der Waals surface area contributed by atoms with Crippen LogP contribution in [0.15, 0.2) is 91.3 Å². The third kappa shape index (κ3) is 6.62. The van der Waals surface area contributed by atoms with Gasteiger partial charge in [-0.15, -0.1) is 0 Å². The zero-order chi connectivity index (χ0) is 23.6. The smallest absolute Gasteiger partial charge is 0.303 e. The summed E-state index contributed by atoms with van der Waals surface area (Å²) in [5, 5.41) is 8.79. The third-order valence-corrected chi connectivity index (χ3v) is 6.20. The molecule has 1 aliphatic heterocycles. The summed E-state index contributed by atoms with van der Waals surface area (Å²) in [4.78, 5) is 15.0. The molecule has 0 bridgehead atoms. The molecule has 0 amide bonds. The normalized spacial score (nSPS) is 20.1. The van der Waals surface area contributed by atoms with Crippen molar-refractivity contribution >= 4 is 5.97 Å². The summed E-state index contributed by atoms with van der Waals surface area (Å²) in [6.07, 6.45) is 10.1. The summed E-state index contributed by atoms with van der Waals surface area (Å²) in [7, 11) is 0. The van der Waals surface area contributed by atoms with E-state index in [1.54, 1.807) is 6.20 Å². The van der Waals surface area contributed by atoms with E-state index >= 15 is 0 Å². The highest BCUT2D eigenvalue weighted by atomic mass is 16.6. The minimum Gasteiger partial charge on any atom is -0.481 e. The van der Waals surface area contributed by atoms with Crippen molar-refractivity contribution in [1.29, 1.82) is 0 Å². The lowest BCUT2D eigenvalue weighted by Gasteiger charge is -2.23. The fraction of sp³-hybridized carbons (Fsp3) is 0.310. The van der Waals surface area contributed by atoms with Crippen LogP contribution in [0.1, 0.15) is 42.9 Å². The lowest BCUT2D eigenvalue weighted by Crippen LogP contribution is -2.23. The van der Waals surface area contributed by atoms with Crippen molar-refractivity contribution < 1.29 is 19.4 Å². The van der Waals surface area contributed by atoms with E-state index in [0.29, 0.717) is 19.6 Å². The molecule has 3 atom stereocenters. The van der Waals surface area contributed by atoms with Crippen molar-refractivity contribution in [2.24, 2.45) is 5.92 Å². The Bertz CT molecular complexity index is 1050. The van der Waals surface area contributed by atoms with Gasteiger partial charge in [-0.25, -0.2) is 0 Å². The van der Waals surface area contributed by atoms with Crippen molar-refractivity contribution in [3.05, 3.63) is 102 Å². The Morgan fingerprint density at radius 2 is 1.76 bits per heavy atom. The van der Waals surface area contributed by atoms with Crippen LogP contribution in [-0.2, 0) is 20.9 Å². The molecule has 1 aliphatic rings. The topological polar surface area (TPSA) is 68.7 Å². The number of benzene rings is 2. The zero-order valence-corrected chi connectivity index (χ0v) is 19.3. The van der Waals surface area contributed by atoms with Crippen LogP contribution in [0.5, 0.6) is 0 Å². The van der Waals surface area contributed by atoms with Gasteiger partial charge in [0.15, 0.2) is 0 Å². The number of nitrogens with zero attached hydrogens (tertiary/aromatic N) is 1. The molecule has 1 N–H and O–H groups in total. The molecule has 0 spiro atoms. The molecular formula is C29H31NO4. The second kappa shape index (κ2) is 12.3. The summed E-state index contributed by atoms with van der Waals surface area (Å²) < 4.78 is 12.5. The first-order valence-electron chi connectivity index (χ1n) is 11.8. The molecule has 176 valence electrons. The first-order chi connectivity index (χ1) is 16.7. The minimum atomic E-state index is -0.768. The number of carboxylic acid groups (broad SMARTS) is 1. The molecule has 5 heteroatoms. The summed E-state index contributed by atoms with van der Waals surface area (Å²) in [6.45, 7) is 1.09. The number of rotatable bonds is 11. The van der Waals surface area contributed by atoms with Crippen molar-refractivity contribution in [1.82, 2.24) is 4.98 Å². The number of pyridine rings is 1. The first kappa shape index (κ1) is 23.9. The highest BCUT2D eigenvalue weighted by Crippen LogP contribution is 2.39. The predicted octanol–water partition coefficient (Wildman–Crippen LogP) is 6.22. The maximum absolute atomic E-state index is 10.7. The van der Waals surface area contributed by atoms with Crippen molar-refractivity contribution in [3.8, 4) is 11.1 Å². The van der Waals surface area contributed by atoms with Gasteiger partial charge in [0, 0.05) is 24.7 Å². The molecule has 0 unspecified atom stereocenters. The number of hydrogen-bond donors (Lipinski definition) is 1. The van der Waals surface area contributed by atoms with E-state index in [4.69, 9.17) is 14.6 Å². The standard InChI is InChI=1S/C29H31NO4/c31-28(32)13-7-2-1-6-12-26-27(21-34-29(26)25-11-8-18-30-19-25)33-20-22-14-16-24(17-15-22)23-9-4-3-5-10-23/h1-5,8-11,14-19,26-27,29H,6-7,12-13,20-21H2,(H,31,32)/t26-,27+,29-/m1/s1. The fourth-order valence-electron chi connectivity index (χ4n) is 4.40. The number of carbonyl (C=O) groups is 1. The van der Waals surface area contributed by atoms with E-state index in [0.717, 1.165) is 24.0 Å². The molecule has 2 aromatic carbocycles. The zero-order valence-electron chi connectivity index (χ0n) is 19.3. The maximum Gasteiger partial charge on any atom is 0.303 e. The molecule has 3 aromatic rings. The summed E-state index contributed by atoms with van der Waals surface area (Å²) >= 11 is 0. The quantitative estimate of drug-likeness (QED) is 0.346. The highest BCUT2D eigenvalue weighted by molar-refractivity contribution is 5.66. The number of aromatic nitrogens is 1. The molecule has 1 saturated heterocycles. The Hall–Kier alpha value is -3.28. The van der Waals surface area contributed by atoms with Gasteiger partial charge >= 0.3 is 5.97 Å². The molecule has 4 rings (SSSR count). The number of hydrogen-bond acceptors (Lipinski definition) is 4. The highest BCUT2D eigenvalue weighted by Gasteiger charge is 2.38. The molecule has 5 nitrogen and oxygen atoms in total. The molecule has 0 aliphatic carbocycles. The molecule has 0 saturated carbocycles. The van der Waals surface area contributed by atoms with Crippen LogP contribution in [0.2, 0.25) is 0 Å². The minimum absolute atomic E-state index is 0.00794. The van der Waals surface area contributed by atoms with Crippen molar-refractivity contribution in [3.63, 3.8) is 0 Å². The summed E-state index contributed by atoms with van der Waals surface area (Å²) in [5.41, 5.74) is 4.60. The molecule has 2 heterocycles. The SMILES string of the molecule is O=C(O)CCC=CCC[C@@H]1[C@@H](OCc2ccc(-c3ccccc3)cc2)CO[C@@H]1c1cccnc1. The van der Waals surface area contributed by atoms with E-state index < -0.39 is 5.97 Å². The van der Waals surface area contributed by atoms with Crippen LogP contribution in [0.25, 0.3) is 11.1 Å². The Morgan fingerprint density at radius 1 is 1.00 bits per heavy atom. The van der Waals surface area contributed by atoms with Crippen LogP contribution >= 0.6 is 0 Å². The third-order valence-electron chi connectivity index (χ3n) is 6.20. The number of ether oxygens (including phenoxy) is 2. The van der Waals surface area contributed by atoms with Gasteiger partial charge in [0.1, 0.15) is 0 Å². The van der Waals surface area contributed by atoms with E-state index in [9.17, 15) is 4.79 Å². The molecular weight excluding hydrogens is 426 g/mol. The Morgan fingerprint density at radius 3 is 2.50 bits per heavy atom. The van der Waals surface area contributed by atoms with Gasteiger partial charge < -0.3 is 14.6 Å². The van der Waals surface area contributed by atoms with Gasteiger partial charge in [0.05, 0.1) is 25.4 Å². The predicted molar refractivity (Wildman–Crippen MR) is 132 cm³/mol. The van der Waals surface area contributed by atoms with E-state index in [-0.39, 0.29) is 24.5 Å². The van der Waals surface area contributed by atoms with Gasteiger partial charge in [0.2, 0.25) is 0 Å². The number of allylic oxidation sites excluding steroid dienone is 2. The second-order valence-corrected chi connectivity index (χ2v) is 8.60. The van der Waals surface area contributed by atoms with Crippen LogP contribution in [0.4, 0.5) is 0 Å². The van der Waals surface area contributed by atoms with Crippen molar-refractivity contribution in [2.45, 2.75) is 44.5 Å². The van der Waals surface area contributed by atoms with E-state index in [2.05, 4.69) is 53.5 Å². The van der Waals surface area contributed by atoms with Crippen LogP contribution in [0.3, 0.4) is 0 Å². The number of aliphatic carboxylic acids is 1. The van der Waals surface area contributed by atoms with Gasteiger partial charge in [-0.3, -0.25) is 9.78 Å². The second-order valence-electron chi connectivity index (χ2n) is 8.60.